The lowest BCUT2D eigenvalue weighted by atomic mass is 10.2. The number of halogens is 3. The highest BCUT2D eigenvalue weighted by molar-refractivity contribution is 7.89. The van der Waals surface area contributed by atoms with Gasteiger partial charge in [-0.15, -0.1) is 0 Å². The molecule has 0 unspecified atom stereocenters. The van der Waals surface area contributed by atoms with E-state index >= 15 is 0 Å². The zero-order chi connectivity index (χ0) is 20.2. The lowest BCUT2D eigenvalue weighted by Crippen LogP contribution is -2.23. The summed E-state index contributed by atoms with van der Waals surface area (Å²) in [4.78, 5) is 3.23. The van der Waals surface area contributed by atoms with Crippen molar-refractivity contribution in [1.29, 1.82) is 0 Å². The first-order valence-electron chi connectivity index (χ1n) is 7.97. The standard InChI is InChI=1S/C18H14F3N3O3S/c19-18(20,21)17-23-16(24-27-17)10-9-13-7-4-8-15(11-13)28(25,26)22-12-14-5-2-1-3-6-14/h1-11,22H,12H2/b10-9+. The van der Waals surface area contributed by atoms with Gasteiger partial charge in [-0.3, -0.25) is 0 Å². The van der Waals surface area contributed by atoms with Gasteiger partial charge < -0.3 is 4.52 Å². The number of hydrogen-bond acceptors (Lipinski definition) is 5. The number of sulfonamides is 1. The highest BCUT2D eigenvalue weighted by atomic mass is 32.2. The smallest absolute Gasteiger partial charge is 0.329 e. The van der Waals surface area contributed by atoms with Crippen LogP contribution in [-0.2, 0) is 22.7 Å². The Bertz CT molecular complexity index is 1080. The molecule has 0 bridgehead atoms. The van der Waals surface area contributed by atoms with Crippen LogP contribution in [0.4, 0.5) is 13.2 Å². The Hall–Kier alpha value is -2.98. The summed E-state index contributed by atoms with van der Waals surface area (Å²) in [6.07, 6.45) is -2.14. The van der Waals surface area contributed by atoms with Crippen LogP contribution in [0, 0.1) is 0 Å². The van der Waals surface area contributed by atoms with E-state index in [1.165, 1.54) is 30.4 Å². The Morgan fingerprint density at radius 1 is 1.04 bits per heavy atom. The molecule has 6 nitrogen and oxygen atoms in total. The van der Waals surface area contributed by atoms with Crippen molar-refractivity contribution in [1.82, 2.24) is 14.9 Å². The fraction of sp³-hybridized carbons (Fsp3) is 0.111. The fourth-order valence-corrected chi connectivity index (χ4v) is 3.30. The maximum absolute atomic E-state index is 12.4. The Morgan fingerprint density at radius 2 is 1.79 bits per heavy atom. The van der Waals surface area contributed by atoms with Gasteiger partial charge in [0, 0.05) is 6.54 Å². The molecule has 0 spiro atoms. The van der Waals surface area contributed by atoms with Gasteiger partial charge in [0.25, 0.3) is 0 Å². The summed E-state index contributed by atoms with van der Waals surface area (Å²) >= 11 is 0. The van der Waals surface area contributed by atoms with Gasteiger partial charge in [0.2, 0.25) is 10.0 Å². The van der Waals surface area contributed by atoms with E-state index < -0.39 is 22.1 Å². The number of benzene rings is 2. The van der Waals surface area contributed by atoms with Crippen molar-refractivity contribution in [2.75, 3.05) is 0 Å². The van der Waals surface area contributed by atoms with Gasteiger partial charge in [0.05, 0.1) is 4.90 Å². The van der Waals surface area contributed by atoms with E-state index in [9.17, 15) is 21.6 Å². The topological polar surface area (TPSA) is 85.1 Å². The van der Waals surface area contributed by atoms with Crippen LogP contribution >= 0.6 is 0 Å². The van der Waals surface area contributed by atoms with Gasteiger partial charge in [-0.05, 0) is 29.3 Å². The molecule has 0 amide bonds. The molecule has 1 aromatic heterocycles. The molecule has 0 radical (unpaired) electrons. The Labute approximate surface area is 158 Å². The van der Waals surface area contributed by atoms with E-state index in [-0.39, 0.29) is 17.3 Å². The number of rotatable bonds is 6. The van der Waals surface area contributed by atoms with Gasteiger partial charge >= 0.3 is 12.1 Å². The van der Waals surface area contributed by atoms with Crippen molar-refractivity contribution in [2.24, 2.45) is 0 Å². The molecule has 2 aromatic carbocycles. The van der Waals surface area contributed by atoms with Crippen LogP contribution in [0.25, 0.3) is 12.2 Å². The number of hydrogen-bond donors (Lipinski definition) is 1. The second kappa shape index (κ2) is 7.95. The first-order chi connectivity index (χ1) is 13.2. The molecular weight excluding hydrogens is 395 g/mol. The lowest BCUT2D eigenvalue weighted by molar-refractivity contribution is -0.159. The van der Waals surface area contributed by atoms with Crippen molar-refractivity contribution in [3.05, 3.63) is 77.4 Å². The van der Waals surface area contributed by atoms with Crippen molar-refractivity contribution in [2.45, 2.75) is 17.6 Å². The maximum atomic E-state index is 12.4. The maximum Gasteiger partial charge on any atom is 0.471 e. The van der Waals surface area contributed by atoms with Crippen LogP contribution < -0.4 is 4.72 Å². The van der Waals surface area contributed by atoms with Crippen molar-refractivity contribution in [3.8, 4) is 0 Å². The van der Waals surface area contributed by atoms with Gasteiger partial charge in [-0.2, -0.15) is 18.2 Å². The van der Waals surface area contributed by atoms with Crippen LogP contribution in [0.15, 0.2) is 64.0 Å². The summed E-state index contributed by atoms with van der Waals surface area (Å²) in [7, 11) is -3.76. The SMILES string of the molecule is O=S(=O)(NCc1ccccc1)c1cccc(/C=C/c2noc(C(F)(F)F)n2)c1. The molecule has 0 aliphatic rings. The minimum absolute atomic E-state index is 0.0228. The highest BCUT2D eigenvalue weighted by Crippen LogP contribution is 2.27. The summed E-state index contributed by atoms with van der Waals surface area (Å²) in [6.45, 7) is 0.131. The third-order valence-electron chi connectivity index (χ3n) is 3.59. The third-order valence-corrected chi connectivity index (χ3v) is 4.99. The summed E-state index contributed by atoms with van der Waals surface area (Å²) < 4.78 is 68.9. The molecule has 28 heavy (non-hydrogen) atoms. The predicted molar refractivity (Wildman–Crippen MR) is 95.1 cm³/mol. The first kappa shape index (κ1) is 19.8. The second-order valence-electron chi connectivity index (χ2n) is 5.67. The molecule has 0 saturated carbocycles. The zero-order valence-corrected chi connectivity index (χ0v) is 15.0. The monoisotopic (exact) mass is 409 g/mol. The molecule has 3 rings (SSSR count). The Morgan fingerprint density at radius 3 is 2.46 bits per heavy atom. The Kier molecular flexibility index (Phi) is 5.61. The summed E-state index contributed by atoms with van der Waals surface area (Å²) in [5.74, 6) is -1.73. The zero-order valence-electron chi connectivity index (χ0n) is 14.2. The lowest BCUT2D eigenvalue weighted by Gasteiger charge is -2.07. The number of alkyl halides is 3. The van der Waals surface area contributed by atoms with Crippen LogP contribution in [0.3, 0.4) is 0 Å². The number of aromatic nitrogens is 2. The fourth-order valence-electron chi connectivity index (χ4n) is 2.23. The first-order valence-corrected chi connectivity index (χ1v) is 9.45. The minimum Gasteiger partial charge on any atom is -0.329 e. The van der Waals surface area contributed by atoms with E-state index in [0.29, 0.717) is 5.56 Å². The Balaban J connectivity index is 1.73. The van der Waals surface area contributed by atoms with E-state index in [1.54, 1.807) is 30.3 Å². The van der Waals surface area contributed by atoms with Crippen molar-refractivity contribution < 1.29 is 26.1 Å². The molecule has 1 N–H and O–H groups in total. The van der Waals surface area contributed by atoms with Crippen LogP contribution in [0.5, 0.6) is 0 Å². The molecule has 3 aromatic rings. The summed E-state index contributed by atoms with van der Waals surface area (Å²) in [5.41, 5.74) is 1.25. The number of nitrogens with one attached hydrogen (secondary N) is 1. The molecule has 0 atom stereocenters. The van der Waals surface area contributed by atoms with E-state index in [0.717, 1.165) is 5.56 Å². The van der Waals surface area contributed by atoms with Crippen molar-refractivity contribution in [3.63, 3.8) is 0 Å². The molecule has 10 heteroatoms. The normalized spacial score (nSPS) is 12.5. The highest BCUT2D eigenvalue weighted by Gasteiger charge is 2.38. The third kappa shape index (κ3) is 5.05. The van der Waals surface area contributed by atoms with E-state index in [2.05, 4.69) is 19.4 Å². The minimum atomic E-state index is -4.72. The number of nitrogens with zero attached hydrogens (tertiary/aromatic N) is 2. The van der Waals surface area contributed by atoms with Gasteiger partial charge in [0.15, 0.2) is 5.82 Å². The van der Waals surface area contributed by atoms with Crippen LogP contribution in [0.2, 0.25) is 0 Å². The second-order valence-corrected chi connectivity index (χ2v) is 7.44. The average Bonchev–Trinajstić information content (AvgIpc) is 3.16. The molecule has 0 aliphatic carbocycles. The van der Waals surface area contributed by atoms with Crippen molar-refractivity contribution >= 4 is 22.2 Å². The van der Waals surface area contributed by atoms with E-state index in [4.69, 9.17) is 0 Å². The largest absolute Gasteiger partial charge is 0.471 e. The molecule has 146 valence electrons. The average molecular weight is 409 g/mol. The quantitative estimate of drug-likeness (QED) is 0.671. The van der Waals surface area contributed by atoms with Gasteiger partial charge in [0.1, 0.15) is 0 Å². The molecular formula is C18H14F3N3O3S. The molecule has 0 aliphatic heterocycles. The summed E-state index contributed by atoms with van der Waals surface area (Å²) in [6, 6.07) is 14.9. The van der Waals surface area contributed by atoms with E-state index in [1.807, 2.05) is 6.07 Å². The van der Waals surface area contributed by atoms with Crippen LogP contribution in [-0.4, -0.2) is 18.6 Å². The van der Waals surface area contributed by atoms with Gasteiger partial charge in [-0.25, -0.2) is 13.1 Å². The molecule has 1 heterocycles. The van der Waals surface area contributed by atoms with Crippen LogP contribution in [0.1, 0.15) is 22.8 Å². The summed E-state index contributed by atoms with van der Waals surface area (Å²) in [5, 5.41) is 3.21. The predicted octanol–water partition coefficient (Wildman–Crippen LogP) is 3.74. The molecule has 0 saturated heterocycles. The van der Waals surface area contributed by atoms with Gasteiger partial charge in [-0.1, -0.05) is 53.7 Å². The molecule has 0 fully saturated rings.